The summed E-state index contributed by atoms with van der Waals surface area (Å²) in [5.41, 5.74) is 0.163. The molecule has 1 rings (SSSR count). The Morgan fingerprint density at radius 1 is 1.20 bits per heavy atom. The van der Waals surface area contributed by atoms with Crippen LogP contribution in [0.3, 0.4) is 0 Å². The SMILES string of the molecule is CCCOCCOC1(CNC(C)(C)C)CCCC(C)C1. The third-order valence-corrected chi connectivity index (χ3v) is 3.98. The van der Waals surface area contributed by atoms with Gasteiger partial charge >= 0.3 is 0 Å². The molecule has 0 amide bonds. The molecule has 120 valence electrons. The first-order valence-corrected chi connectivity index (χ1v) is 8.34. The average Bonchev–Trinajstić information content (AvgIpc) is 2.36. The summed E-state index contributed by atoms with van der Waals surface area (Å²) in [5, 5.41) is 3.64. The molecule has 0 aromatic rings. The zero-order valence-corrected chi connectivity index (χ0v) is 14.3. The van der Waals surface area contributed by atoms with Crippen molar-refractivity contribution >= 4 is 0 Å². The molecular formula is C17H35NO2. The van der Waals surface area contributed by atoms with Crippen LogP contribution in [0.4, 0.5) is 0 Å². The molecule has 0 radical (unpaired) electrons. The fourth-order valence-electron chi connectivity index (χ4n) is 2.94. The van der Waals surface area contributed by atoms with Gasteiger partial charge in [-0.1, -0.05) is 26.7 Å². The highest BCUT2D eigenvalue weighted by molar-refractivity contribution is 4.91. The summed E-state index contributed by atoms with van der Waals surface area (Å²) in [6, 6.07) is 0. The predicted molar refractivity (Wildman–Crippen MR) is 85.2 cm³/mol. The Bertz CT molecular complexity index is 262. The van der Waals surface area contributed by atoms with Gasteiger partial charge in [-0.25, -0.2) is 0 Å². The summed E-state index contributed by atoms with van der Waals surface area (Å²) in [5.74, 6) is 0.766. The molecule has 0 aliphatic heterocycles. The van der Waals surface area contributed by atoms with Gasteiger partial charge in [0.25, 0.3) is 0 Å². The van der Waals surface area contributed by atoms with E-state index in [4.69, 9.17) is 9.47 Å². The monoisotopic (exact) mass is 285 g/mol. The molecule has 1 N–H and O–H groups in total. The van der Waals surface area contributed by atoms with Gasteiger partial charge in [0.2, 0.25) is 0 Å². The van der Waals surface area contributed by atoms with Crippen molar-refractivity contribution in [2.75, 3.05) is 26.4 Å². The molecule has 0 bridgehead atoms. The van der Waals surface area contributed by atoms with Crippen LogP contribution < -0.4 is 5.32 Å². The maximum Gasteiger partial charge on any atom is 0.0810 e. The molecule has 0 aromatic heterocycles. The van der Waals surface area contributed by atoms with E-state index in [0.717, 1.165) is 38.7 Å². The molecule has 0 heterocycles. The van der Waals surface area contributed by atoms with Gasteiger partial charge in [-0.2, -0.15) is 0 Å². The van der Waals surface area contributed by atoms with Crippen LogP contribution in [-0.2, 0) is 9.47 Å². The van der Waals surface area contributed by atoms with Crippen molar-refractivity contribution in [3.05, 3.63) is 0 Å². The third kappa shape index (κ3) is 7.05. The zero-order chi connectivity index (χ0) is 15.1. The molecule has 2 atom stereocenters. The van der Waals surface area contributed by atoms with Gasteiger partial charge in [0.05, 0.1) is 18.8 Å². The predicted octanol–water partition coefficient (Wildman–Crippen LogP) is 3.77. The number of ether oxygens (including phenoxy) is 2. The third-order valence-electron chi connectivity index (χ3n) is 3.98. The topological polar surface area (TPSA) is 30.5 Å². The molecule has 0 aromatic carbocycles. The Hall–Kier alpha value is -0.120. The van der Waals surface area contributed by atoms with Gasteiger partial charge in [-0.3, -0.25) is 0 Å². The summed E-state index contributed by atoms with van der Waals surface area (Å²) in [6.45, 7) is 14.4. The fraction of sp³-hybridized carbons (Fsp3) is 1.00. The fourth-order valence-corrected chi connectivity index (χ4v) is 2.94. The van der Waals surface area contributed by atoms with Crippen molar-refractivity contribution in [1.82, 2.24) is 5.32 Å². The number of hydrogen-bond acceptors (Lipinski definition) is 3. The smallest absolute Gasteiger partial charge is 0.0810 e. The Labute approximate surface area is 125 Å². The molecule has 20 heavy (non-hydrogen) atoms. The molecule has 0 saturated heterocycles. The van der Waals surface area contributed by atoms with Gasteiger partial charge in [0.1, 0.15) is 0 Å². The molecule has 0 spiro atoms. The van der Waals surface area contributed by atoms with Gasteiger partial charge in [-0.05, 0) is 46.0 Å². The van der Waals surface area contributed by atoms with Gasteiger partial charge in [0.15, 0.2) is 0 Å². The maximum atomic E-state index is 6.30. The summed E-state index contributed by atoms with van der Waals surface area (Å²) in [7, 11) is 0. The minimum atomic E-state index is 0.0144. The van der Waals surface area contributed by atoms with Crippen molar-refractivity contribution < 1.29 is 9.47 Å². The average molecular weight is 285 g/mol. The Morgan fingerprint density at radius 3 is 2.55 bits per heavy atom. The minimum Gasteiger partial charge on any atom is -0.379 e. The summed E-state index contributed by atoms with van der Waals surface area (Å²) in [4.78, 5) is 0. The Kier molecular flexibility index (Phi) is 7.49. The van der Waals surface area contributed by atoms with Crippen LogP contribution in [0.25, 0.3) is 0 Å². The van der Waals surface area contributed by atoms with Gasteiger partial charge in [0, 0.05) is 18.7 Å². The highest BCUT2D eigenvalue weighted by atomic mass is 16.5. The summed E-state index contributed by atoms with van der Waals surface area (Å²) in [6.07, 6.45) is 6.04. The quantitative estimate of drug-likeness (QED) is 0.689. The van der Waals surface area contributed by atoms with Crippen molar-refractivity contribution in [3.63, 3.8) is 0 Å². The van der Waals surface area contributed by atoms with Gasteiger partial charge in [-0.15, -0.1) is 0 Å². The van der Waals surface area contributed by atoms with Gasteiger partial charge < -0.3 is 14.8 Å². The molecule has 1 saturated carbocycles. The van der Waals surface area contributed by atoms with E-state index in [-0.39, 0.29) is 11.1 Å². The standard InChI is InChI=1S/C17H35NO2/c1-6-10-19-11-12-20-17(14-18-16(3,4)5)9-7-8-15(2)13-17/h15,18H,6-14H2,1-5H3. The normalized spacial score (nSPS) is 27.8. The van der Waals surface area contributed by atoms with E-state index in [1.54, 1.807) is 0 Å². The summed E-state index contributed by atoms with van der Waals surface area (Å²) >= 11 is 0. The second-order valence-electron chi connectivity index (χ2n) is 7.45. The number of hydrogen-bond donors (Lipinski definition) is 1. The molecule has 1 aliphatic rings. The first kappa shape index (κ1) is 17.9. The molecule has 3 nitrogen and oxygen atoms in total. The zero-order valence-electron chi connectivity index (χ0n) is 14.3. The van der Waals surface area contributed by atoms with Crippen molar-refractivity contribution in [2.45, 2.75) is 77.9 Å². The minimum absolute atomic E-state index is 0.0144. The van der Waals surface area contributed by atoms with Crippen molar-refractivity contribution in [2.24, 2.45) is 5.92 Å². The maximum absolute atomic E-state index is 6.30. The van der Waals surface area contributed by atoms with E-state index in [9.17, 15) is 0 Å². The first-order chi connectivity index (χ1) is 9.37. The van der Waals surface area contributed by atoms with Crippen molar-refractivity contribution in [1.29, 1.82) is 0 Å². The van der Waals surface area contributed by atoms with Crippen LogP contribution in [0.1, 0.15) is 66.7 Å². The van der Waals surface area contributed by atoms with E-state index in [1.165, 1.54) is 25.7 Å². The highest BCUT2D eigenvalue weighted by Crippen LogP contribution is 2.35. The molecule has 1 aliphatic carbocycles. The summed E-state index contributed by atoms with van der Waals surface area (Å²) < 4.78 is 11.8. The lowest BCUT2D eigenvalue weighted by atomic mass is 9.78. The van der Waals surface area contributed by atoms with Crippen LogP contribution in [-0.4, -0.2) is 37.5 Å². The van der Waals surface area contributed by atoms with Crippen LogP contribution in [0.15, 0.2) is 0 Å². The van der Waals surface area contributed by atoms with Crippen LogP contribution in [0.2, 0.25) is 0 Å². The lowest BCUT2D eigenvalue weighted by Gasteiger charge is -2.42. The molecular weight excluding hydrogens is 250 g/mol. The lowest BCUT2D eigenvalue weighted by Crippen LogP contribution is -2.51. The van der Waals surface area contributed by atoms with E-state index >= 15 is 0 Å². The first-order valence-electron chi connectivity index (χ1n) is 8.34. The Morgan fingerprint density at radius 2 is 1.95 bits per heavy atom. The van der Waals surface area contributed by atoms with Crippen LogP contribution in [0, 0.1) is 5.92 Å². The molecule has 2 unspecified atom stereocenters. The van der Waals surface area contributed by atoms with Crippen LogP contribution >= 0.6 is 0 Å². The van der Waals surface area contributed by atoms with E-state index < -0.39 is 0 Å². The largest absolute Gasteiger partial charge is 0.379 e. The van der Waals surface area contributed by atoms with Crippen molar-refractivity contribution in [3.8, 4) is 0 Å². The lowest BCUT2D eigenvalue weighted by molar-refractivity contribution is -0.0973. The second kappa shape index (κ2) is 8.35. The number of nitrogens with one attached hydrogen (secondary N) is 1. The Balaban J connectivity index is 2.46. The number of rotatable bonds is 8. The second-order valence-corrected chi connectivity index (χ2v) is 7.45. The van der Waals surface area contributed by atoms with Crippen LogP contribution in [0.5, 0.6) is 0 Å². The molecule has 3 heteroatoms. The van der Waals surface area contributed by atoms with E-state index in [2.05, 4.69) is 39.9 Å². The molecule has 1 fully saturated rings. The van der Waals surface area contributed by atoms with E-state index in [0.29, 0.717) is 0 Å². The highest BCUT2D eigenvalue weighted by Gasteiger charge is 2.36. The van der Waals surface area contributed by atoms with E-state index in [1.807, 2.05) is 0 Å².